The lowest BCUT2D eigenvalue weighted by molar-refractivity contribution is -0.191. The summed E-state index contributed by atoms with van der Waals surface area (Å²) < 4.78 is 49.4. The minimum atomic E-state index is -3.87. The highest BCUT2D eigenvalue weighted by atomic mass is 79.9. The monoisotopic (exact) mass is 437 g/mol. The maximum absolute atomic E-state index is 15.5. The summed E-state index contributed by atoms with van der Waals surface area (Å²) in [5.41, 5.74) is -1.06. The topological polar surface area (TPSA) is 46.6 Å². The molecule has 1 unspecified atom stereocenters. The van der Waals surface area contributed by atoms with Crippen molar-refractivity contribution in [2.45, 2.75) is 43.0 Å². The Morgan fingerprint density at radius 2 is 2.08 bits per heavy atom. The average molecular weight is 438 g/mol. The molecule has 0 fully saturated rings. The van der Waals surface area contributed by atoms with Gasteiger partial charge in [0.15, 0.2) is 0 Å². The average Bonchev–Trinajstić information content (AvgIpc) is 2.87. The van der Waals surface area contributed by atoms with Crippen molar-refractivity contribution in [2.75, 3.05) is 19.4 Å². The van der Waals surface area contributed by atoms with Crippen LogP contribution in [0.5, 0.6) is 0 Å². The number of carbonyl (C=O) groups excluding carboxylic acids is 1. The van der Waals surface area contributed by atoms with Crippen molar-refractivity contribution >= 4 is 32.9 Å². The van der Waals surface area contributed by atoms with Gasteiger partial charge in [0, 0.05) is 17.6 Å². The number of hydrogen-bond donors (Lipinski definition) is 0. The van der Waals surface area contributed by atoms with E-state index >= 15 is 8.78 Å². The molecule has 140 valence electrons. The maximum atomic E-state index is 15.5. The van der Waals surface area contributed by atoms with Crippen LogP contribution in [-0.4, -0.2) is 44.6 Å². The van der Waals surface area contributed by atoms with Crippen LogP contribution in [0.1, 0.15) is 31.4 Å². The van der Waals surface area contributed by atoms with Gasteiger partial charge in [-0.1, -0.05) is 47.1 Å². The highest BCUT2D eigenvalue weighted by Gasteiger charge is 2.70. The van der Waals surface area contributed by atoms with Crippen LogP contribution in [0.25, 0.3) is 0 Å². The molecular weight excluding hydrogens is 416 g/mol. The minimum absolute atomic E-state index is 0.152. The van der Waals surface area contributed by atoms with E-state index in [0.29, 0.717) is 24.0 Å². The van der Waals surface area contributed by atoms with E-state index in [2.05, 4.69) is 20.7 Å². The van der Waals surface area contributed by atoms with Crippen molar-refractivity contribution in [3.63, 3.8) is 0 Å². The van der Waals surface area contributed by atoms with Gasteiger partial charge in [-0.2, -0.15) is 8.78 Å². The van der Waals surface area contributed by atoms with E-state index in [-0.39, 0.29) is 12.4 Å². The number of hydrogen-bond acceptors (Lipinski definition) is 3. The number of nitrogens with zero attached hydrogens (tertiary/aromatic N) is 1. The smallest absolute Gasteiger partial charge is 0.379 e. The molecule has 0 N–H and O–H groups in total. The van der Waals surface area contributed by atoms with Gasteiger partial charge in [-0.05, 0) is 30.9 Å². The highest BCUT2D eigenvalue weighted by molar-refractivity contribution is 9.09. The first-order valence-electron chi connectivity index (χ1n) is 8.14. The predicted molar refractivity (Wildman–Crippen MR) is 97.2 cm³/mol. The van der Waals surface area contributed by atoms with Gasteiger partial charge in [0.25, 0.3) is 0 Å². The van der Waals surface area contributed by atoms with Crippen molar-refractivity contribution in [1.82, 2.24) is 4.31 Å². The van der Waals surface area contributed by atoms with Crippen LogP contribution in [0.3, 0.4) is 0 Å². The van der Waals surface area contributed by atoms with Gasteiger partial charge >= 0.3 is 11.9 Å². The molecule has 3 atom stereocenters. The van der Waals surface area contributed by atoms with Crippen molar-refractivity contribution < 1.29 is 22.5 Å². The summed E-state index contributed by atoms with van der Waals surface area (Å²) in [5, 5.41) is 0. The molecule has 1 aromatic carbocycles. The SMILES string of the molecule is CCC[S@@](=O)N(C)[C@@]1(C(F)(F)C(=O)OCC)c2ccccc2CC1Br. The first kappa shape index (κ1) is 20.5. The number of esters is 1. The molecule has 4 nitrogen and oxygen atoms in total. The predicted octanol–water partition coefficient (Wildman–Crippen LogP) is 3.41. The van der Waals surface area contributed by atoms with Gasteiger partial charge in [-0.3, -0.25) is 0 Å². The zero-order valence-electron chi connectivity index (χ0n) is 14.4. The molecule has 0 aliphatic heterocycles. The van der Waals surface area contributed by atoms with Crippen molar-refractivity contribution in [3.8, 4) is 0 Å². The third kappa shape index (κ3) is 3.17. The Morgan fingerprint density at radius 3 is 2.68 bits per heavy atom. The standard InChI is InChI=1S/C17H22BrF2NO3S/c1-4-10-25(23)21(3)16(17(19,20)15(22)24-5-2)13-9-7-6-8-12(13)11-14(16)18/h6-9,14H,4-5,10-11H2,1-3H3/t14?,16-,25+/m0/s1. The van der Waals surface area contributed by atoms with E-state index in [1.54, 1.807) is 24.3 Å². The van der Waals surface area contributed by atoms with Gasteiger partial charge in [-0.25, -0.2) is 13.3 Å². The molecule has 1 aliphatic rings. The lowest BCUT2D eigenvalue weighted by Crippen LogP contribution is -2.64. The summed E-state index contributed by atoms with van der Waals surface area (Å²) in [7, 11) is -0.289. The van der Waals surface area contributed by atoms with Crippen LogP contribution in [0.4, 0.5) is 8.78 Å². The molecular formula is C17H22BrF2NO3S. The van der Waals surface area contributed by atoms with Crippen molar-refractivity contribution in [2.24, 2.45) is 0 Å². The number of ether oxygens (including phenoxy) is 1. The van der Waals surface area contributed by atoms with Gasteiger partial charge in [0.1, 0.15) is 5.54 Å². The number of alkyl halides is 3. The third-order valence-corrected chi connectivity index (χ3v) is 7.11. The van der Waals surface area contributed by atoms with Gasteiger partial charge in [0.2, 0.25) is 0 Å². The maximum Gasteiger partial charge on any atom is 0.379 e. The van der Waals surface area contributed by atoms with Crippen LogP contribution < -0.4 is 0 Å². The minimum Gasteiger partial charge on any atom is -0.461 e. The Bertz CT molecular complexity index is 673. The second kappa shape index (κ2) is 7.80. The molecule has 0 aromatic heterocycles. The van der Waals surface area contributed by atoms with E-state index in [0.717, 1.165) is 4.31 Å². The summed E-state index contributed by atoms with van der Waals surface area (Å²) >= 11 is 3.35. The fourth-order valence-electron chi connectivity index (χ4n) is 3.36. The lowest BCUT2D eigenvalue weighted by Gasteiger charge is -2.44. The number of halogens is 3. The fourth-order valence-corrected chi connectivity index (χ4v) is 5.97. The van der Waals surface area contributed by atoms with E-state index in [1.165, 1.54) is 14.0 Å². The molecule has 0 saturated carbocycles. The second-order valence-corrected chi connectivity index (χ2v) is 8.62. The van der Waals surface area contributed by atoms with Gasteiger partial charge in [-0.15, -0.1) is 0 Å². The largest absolute Gasteiger partial charge is 0.461 e. The fraction of sp³-hybridized carbons (Fsp3) is 0.588. The summed E-state index contributed by atoms with van der Waals surface area (Å²) in [6, 6.07) is 6.74. The summed E-state index contributed by atoms with van der Waals surface area (Å²) in [6.45, 7) is 3.16. The number of fused-ring (bicyclic) bond motifs is 1. The lowest BCUT2D eigenvalue weighted by atomic mass is 9.84. The summed E-state index contributed by atoms with van der Waals surface area (Å²) in [5.74, 6) is -5.24. The highest BCUT2D eigenvalue weighted by Crippen LogP contribution is 2.54. The zero-order chi connectivity index (χ0) is 18.8. The number of rotatable bonds is 7. The summed E-state index contributed by atoms with van der Waals surface area (Å²) in [6.07, 6.45) is 0.880. The van der Waals surface area contributed by atoms with Crippen LogP contribution in [0.2, 0.25) is 0 Å². The summed E-state index contributed by atoms with van der Waals surface area (Å²) in [4.78, 5) is 11.4. The molecule has 1 aromatic rings. The van der Waals surface area contributed by atoms with Crippen molar-refractivity contribution in [1.29, 1.82) is 0 Å². The Hall–Kier alpha value is -0.860. The van der Waals surface area contributed by atoms with E-state index < -0.39 is 33.2 Å². The van der Waals surface area contributed by atoms with Crippen LogP contribution in [0.15, 0.2) is 24.3 Å². The number of benzene rings is 1. The number of carbonyl (C=O) groups is 1. The zero-order valence-corrected chi connectivity index (χ0v) is 16.8. The third-order valence-electron chi connectivity index (χ3n) is 4.47. The normalized spacial score (nSPS) is 24.2. The molecule has 8 heteroatoms. The Kier molecular flexibility index (Phi) is 6.38. The molecule has 0 bridgehead atoms. The first-order valence-corrected chi connectivity index (χ1v) is 10.3. The Labute approximate surface area is 157 Å². The van der Waals surface area contributed by atoms with E-state index in [1.807, 2.05) is 6.92 Å². The van der Waals surface area contributed by atoms with Gasteiger partial charge < -0.3 is 4.74 Å². The molecule has 25 heavy (non-hydrogen) atoms. The van der Waals surface area contributed by atoms with Gasteiger partial charge in [0.05, 0.1) is 17.6 Å². The quantitative estimate of drug-likeness (QED) is 0.484. The Morgan fingerprint density at radius 1 is 1.44 bits per heavy atom. The van der Waals surface area contributed by atoms with Crippen LogP contribution in [0, 0.1) is 0 Å². The molecule has 1 aliphatic carbocycles. The van der Waals surface area contributed by atoms with Crippen molar-refractivity contribution in [3.05, 3.63) is 35.4 Å². The van der Waals surface area contributed by atoms with Crippen LogP contribution in [-0.2, 0) is 32.5 Å². The van der Waals surface area contributed by atoms with E-state index in [4.69, 9.17) is 0 Å². The van der Waals surface area contributed by atoms with E-state index in [9.17, 15) is 9.00 Å². The Balaban J connectivity index is 2.69. The molecule has 0 saturated heterocycles. The molecule has 0 spiro atoms. The second-order valence-electron chi connectivity index (χ2n) is 5.91. The molecule has 0 amide bonds. The first-order chi connectivity index (χ1) is 11.7. The van der Waals surface area contributed by atoms with Crippen LogP contribution >= 0.6 is 15.9 Å². The molecule has 2 rings (SSSR count). The molecule has 0 heterocycles. The molecule has 0 radical (unpaired) electrons.